The van der Waals surface area contributed by atoms with E-state index in [1.807, 2.05) is 17.1 Å². The molecule has 8 nitrogen and oxygen atoms in total. The fourth-order valence-electron chi connectivity index (χ4n) is 5.29. The fraction of sp³-hybridized carbons (Fsp3) is 0.400. The first-order valence-electron chi connectivity index (χ1n) is 11.6. The van der Waals surface area contributed by atoms with Crippen molar-refractivity contribution in [1.29, 1.82) is 0 Å². The lowest BCUT2D eigenvalue weighted by atomic mass is 10.0. The molecule has 0 amide bonds. The molecule has 4 aromatic rings. The molecule has 2 aliphatic heterocycles. The SMILES string of the molecule is CC(C)N1c2nc(-c3c[nH]c4ccc(-c5cnn(C6CNC6)c5)cc34)cc(=O)n2CC1(C)C. The van der Waals surface area contributed by atoms with Crippen LogP contribution in [0.1, 0.15) is 33.7 Å². The Hall–Kier alpha value is -3.39. The van der Waals surface area contributed by atoms with Gasteiger partial charge in [0.05, 0.1) is 30.0 Å². The summed E-state index contributed by atoms with van der Waals surface area (Å²) in [6.45, 7) is 11.2. The summed E-state index contributed by atoms with van der Waals surface area (Å²) >= 11 is 0. The first-order chi connectivity index (χ1) is 15.8. The van der Waals surface area contributed by atoms with Crippen LogP contribution in [0.3, 0.4) is 0 Å². The first-order valence-corrected chi connectivity index (χ1v) is 11.6. The molecule has 2 N–H and O–H groups in total. The van der Waals surface area contributed by atoms with Crippen molar-refractivity contribution in [2.24, 2.45) is 0 Å². The highest BCUT2D eigenvalue weighted by Crippen LogP contribution is 2.36. The predicted molar refractivity (Wildman–Crippen MR) is 131 cm³/mol. The van der Waals surface area contributed by atoms with Crippen LogP contribution in [0.15, 0.2) is 47.7 Å². The second-order valence-electron chi connectivity index (χ2n) is 10.1. The molecule has 0 radical (unpaired) electrons. The summed E-state index contributed by atoms with van der Waals surface area (Å²) in [6, 6.07) is 8.70. The summed E-state index contributed by atoms with van der Waals surface area (Å²) in [5, 5.41) is 8.90. The molecule has 33 heavy (non-hydrogen) atoms. The van der Waals surface area contributed by atoms with Crippen LogP contribution < -0.4 is 15.8 Å². The lowest BCUT2D eigenvalue weighted by molar-refractivity contribution is 0.318. The van der Waals surface area contributed by atoms with Crippen molar-refractivity contribution in [3.63, 3.8) is 0 Å². The molecule has 170 valence electrons. The maximum Gasteiger partial charge on any atom is 0.255 e. The smallest absolute Gasteiger partial charge is 0.255 e. The van der Waals surface area contributed by atoms with Gasteiger partial charge >= 0.3 is 0 Å². The molecule has 0 saturated carbocycles. The molecule has 3 aromatic heterocycles. The van der Waals surface area contributed by atoms with E-state index in [0.29, 0.717) is 18.3 Å². The van der Waals surface area contributed by atoms with E-state index in [-0.39, 0.29) is 17.1 Å². The van der Waals surface area contributed by atoms with Crippen LogP contribution in [-0.4, -0.2) is 49.0 Å². The Morgan fingerprint density at radius 2 is 1.97 bits per heavy atom. The van der Waals surface area contributed by atoms with Gasteiger partial charge in [0.1, 0.15) is 0 Å². The Kier molecular flexibility index (Phi) is 4.32. The van der Waals surface area contributed by atoms with Crippen molar-refractivity contribution in [3.8, 4) is 22.4 Å². The number of H-pyrrole nitrogens is 1. The van der Waals surface area contributed by atoms with Gasteiger partial charge < -0.3 is 15.2 Å². The molecule has 1 fully saturated rings. The predicted octanol–water partition coefficient (Wildman–Crippen LogP) is 3.41. The minimum Gasteiger partial charge on any atom is -0.360 e. The van der Waals surface area contributed by atoms with Gasteiger partial charge in [-0.1, -0.05) is 6.07 Å². The van der Waals surface area contributed by atoms with Gasteiger partial charge in [0.25, 0.3) is 5.56 Å². The van der Waals surface area contributed by atoms with Gasteiger partial charge in [0.15, 0.2) is 0 Å². The Bertz CT molecular complexity index is 1420. The average Bonchev–Trinajstić information content (AvgIpc) is 3.41. The minimum atomic E-state index is -0.157. The van der Waals surface area contributed by atoms with Crippen LogP contribution in [-0.2, 0) is 6.54 Å². The van der Waals surface area contributed by atoms with Crippen molar-refractivity contribution < 1.29 is 0 Å². The van der Waals surface area contributed by atoms with E-state index in [1.165, 1.54) is 0 Å². The zero-order valence-electron chi connectivity index (χ0n) is 19.5. The largest absolute Gasteiger partial charge is 0.360 e. The van der Waals surface area contributed by atoms with Gasteiger partial charge in [-0.15, -0.1) is 0 Å². The number of benzene rings is 1. The molecule has 1 aromatic carbocycles. The summed E-state index contributed by atoms with van der Waals surface area (Å²) in [7, 11) is 0. The van der Waals surface area contributed by atoms with Crippen molar-refractivity contribution in [3.05, 3.63) is 53.2 Å². The molecule has 2 aliphatic rings. The fourth-order valence-corrected chi connectivity index (χ4v) is 5.29. The number of aromatic nitrogens is 5. The van der Waals surface area contributed by atoms with Gasteiger partial charge in [0.2, 0.25) is 5.95 Å². The van der Waals surface area contributed by atoms with Crippen LogP contribution >= 0.6 is 0 Å². The molecular formula is C25H29N7O. The summed E-state index contributed by atoms with van der Waals surface area (Å²) in [6.07, 6.45) is 5.99. The summed E-state index contributed by atoms with van der Waals surface area (Å²) < 4.78 is 3.84. The summed E-state index contributed by atoms with van der Waals surface area (Å²) in [5.41, 5.74) is 4.69. The van der Waals surface area contributed by atoms with E-state index in [1.54, 1.807) is 10.6 Å². The third-order valence-electron chi connectivity index (χ3n) is 6.94. The highest BCUT2D eigenvalue weighted by molar-refractivity contribution is 5.97. The van der Waals surface area contributed by atoms with Crippen molar-refractivity contribution in [2.75, 3.05) is 18.0 Å². The quantitative estimate of drug-likeness (QED) is 0.505. The molecule has 0 unspecified atom stereocenters. The second-order valence-corrected chi connectivity index (χ2v) is 10.1. The zero-order valence-corrected chi connectivity index (χ0v) is 19.5. The standard InChI is InChI=1S/C25H29N7O/c1-15(2)32-24-29-22(8-23(33)30(24)14-25(32,3)4)20-12-27-21-6-5-16(7-19(20)21)17-9-28-31(13-17)18-10-26-11-18/h5-9,12-13,15,18,26-27H,10-11,14H2,1-4H3. The first kappa shape index (κ1) is 20.2. The number of nitrogens with zero attached hydrogens (tertiary/aromatic N) is 5. The van der Waals surface area contributed by atoms with Gasteiger partial charge in [-0.3, -0.25) is 14.0 Å². The number of aromatic amines is 1. The van der Waals surface area contributed by atoms with Crippen molar-refractivity contribution >= 4 is 16.9 Å². The lowest BCUT2D eigenvalue weighted by Crippen LogP contribution is -2.45. The van der Waals surface area contributed by atoms with E-state index < -0.39 is 0 Å². The highest BCUT2D eigenvalue weighted by Gasteiger charge is 2.39. The van der Waals surface area contributed by atoms with Gasteiger partial charge in [-0.2, -0.15) is 5.10 Å². The van der Waals surface area contributed by atoms with Crippen LogP contribution in [0, 0.1) is 0 Å². The summed E-state index contributed by atoms with van der Waals surface area (Å²) in [4.78, 5) is 23.7. The van der Waals surface area contributed by atoms with E-state index in [0.717, 1.165) is 46.6 Å². The summed E-state index contributed by atoms with van der Waals surface area (Å²) in [5.74, 6) is 0.749. The van der Waals surface area contributed by atoms with Crippen LogP contribution in [0.2, 0.25) is 0 Å². The molecular weight excluding hydrogens is 414 g/mol. The lowest BCUT2D eigenvalue weighted by Gasteiger charge is -2.35. The van der Waals surface area contributed by atoms with Crippen LogP contribution in [0.5, 0.6) is 0 Å². The Labute approximate surface area is 192 Å². The van der Waals surface area contributed by atoms with Gasteiger partial charge in [-0.25, -0.2) is 4.98 Å². The number of hydrogen-bond donors (Lipinski definition) is 2. The molecule has 8 heteroatoms. The topological polar surface area (TPSA) is 83.8 Å². The molecule has 6 rings (SSSR count). The Morgan fingerprint density at radius 3 is 2.70 bits per heavy atom. The normalized spacial score (nSPS) is 17.7. The van der Waals surface area contributed by atoms with Crippen LogP contribution in [0.4, 0.5) is 5.95 Å². The molecule has 0 aliphatic carbocycles. The zero-order chi connectivity index (χ0) is 22.9. The second kappa shape index (κ2) is 7.05. The maximum atomic E-state index is 13.1. The van der Waals surface area contributed by atoms with Crippen molar-refractivity contribution in [2.45, 2.75) is 51.9 Å². The van der Waals surface area contributed by atoms with E-state index in [4.69, 9.17) is 4.98 Å². The Balaban J connectivity index is 1.44. The minimum absolute atomic E-state index is 0.00730. The number of nitrogens with one attached hydrogen (secondary N) is 2. The number of anilines is 1. The van der Waals surface area contributed by atoms with E-state index in [2.05, 4.69) is 72.4 Å². The molecule has 0 spiro atoms. The number of fused-ring (bicyclic) bond motifs is 2. The number of hydrogen-bond acceptors (Lipinski definition) is 5. The van der Waals surface area contributed by atoms with Gasteiger partial charge in [-0.05, 0) is 45.4 Å². The van der Waals surface area contributed by atoms with Crippen molar-refractivity contribution in [1.82, 2.24) is 29.6 Å². The molecule has 0 bridgehead atoms. The number of rotatable bonds is 4. The van der Waals surface area contributed by atoms with E-state index in [9.17, 15) is 4.79 Å². The third-order valence-corrected chi connectivity index (χ3v) is 6.94. The molecule has 0 atom stereocenters. The third kappa shape index (κ3) is 3.12. The average molecular weight is 444 g/mol. The van der Waals surface area contributed by atoms with Gasteiger partial charge in [0, 0.05) is 59.6 Å². The monoisotopic (exact) mass is 443 g/mol. The molecule has 1 saturated heterocycles. The van der Waals surface area contributed by atoms with E-state index >= 15 is 0 Å². The maximum absolute atomic E-state index is 13.1. The highest BCUT2D eigenvalue weighted by atomic mass is 16.1. The Morgan fingerprint density at radius 1 is 1.15 bits per heavy atom. The molecule has 5 heterocycles. The van der Waals surface area contributed by atoms with Crippen LogP contribution in [0.25, 0.3) is 33.3 Å².